The van der Waals surface area contributed by atoms with Gasteiger partial charge in [-0.05, 0) is 12.2 Å². The average molecular weight is 162 g/mol. The summed E-state index contributed by atoms with van der Waals surface area (Å²) in [4.78, 5) is 0. The molecule has 0 unspecified atom stereocenters. The Balaban J connectivity index is 2.48. The monoisotopic (exact) mass is 162 g/mol. The number of ether oxygens (including phenoxy) is 2. The predicted octanol–water partition coefficient (Wildman–Crippen LogP) is -0.591. The predicted molar refractivity (Wildman–Crippen MR) is 40.5 cm³/mol. The molecule has 10 heavy (non-hydrogen) atoms. The fourth-order valence-electron chi connectivity index (χ4n) is 0.816. The van der Waals surface area contributed by atoms with Crippen LogP contribution in [0.25, 0.3) is 0 Å². The van der Waals surface area contributed by atoms with Crippen molar-refractivity contribution in [1.82, 2.24) is 10.6 Å². The van der Waals surface area contributed by atoms with Crippen molar-refractivity contribution in [1.29, 1.82) is 0 Å². The van der Waals surface area contributed by atoms with Crippen molar-refractivity contribution in [2.75, 3.05) is 14.2 Å². The largest absolute Gasteiger partial charge is 0.357 e. The maximum atomic E-state index is 5.00. The molecule has 5 heteroatoms. The average Bonchev–Trinajstić information content (AvgIpc) is 2.30. The van der Waals surface area contributed by atoms with Crippen molar-refractivity contribution in [3.63, 3.8) is 0 Å². The van der Waals surface area contributed by atoms with Crippen molar-refractivity contribution in [3.05, 3.63) is 0 Å². The third kappa shape index (κ3) is 1.36. The highest BCUT2D eigenvalue weighted by Crippen LogP contribution is 2.01. The second-order valence-corrected chi connectivity index (χ2v) is 2.34. The molecule has 0 aromatic carbocycles. The van der Waals surface area contributed by atoms with Gasteiger partial charge in [-0.2, -0.15) is 0 Å². The summed E-state index contributed by atoms with van der Waals surface area (Å²) in [5.41, 5.74) is 0. The fraction of sp³-hybridized carbons (Fsp3) is 0.800. The highest BCUT2D eigenvalue weighted by molar-refractivity contribution is 7.80. The van der Waals surface area contributed by atoms with E-state index in [-0.39, 0.29) is 12.5 Å². The van der Waals surface area contributed by atoms with Crippen LogP contribution < -0.4 is 10.6 Å². The molecule has 1 heterocycles. The quantitative estimate of drug-likeness (QED) is 0.531. The SMILES string of the molecule is CO[C@@H]1NC(=S)N[C@H]1OC. The van der Waals surface area contributed by atoms with Gasteiger partial charge in [0, 0.05) is 14.2 Å². The molecule has 0 amide bonds. The van der Waals surface area contributed by atoms with Gasteiger partial charge in [0.2, 0.25) is 0 Å². The summed E-state index contributed by atoms with van der Waals surface area (Å²) >= 11 is 4.82. The Morgan fingerprint density at radius 3 is 1.90 bits per heavy atom. The minimum Gasteiger partial charge on any atom is -0.357 e. The Labute approximate surface area is 64.9 Å². The summed E-state index contributed by atoms with van der Waals surface area (Å²) < 4.78 is 10.00. The van der Waals surface area contributed by atoms with Crippen LogP contribution in [0.5, 0.6) is 0 Å². The minimum atomic E-state index is -0.169. The lowest BCUT2D eigenvalue weighted by molar-refractivity contribution is -0.0343. The maximum Gasteiger partial charge on any atom is 0.174 e. The summed E-state index contributed by atoms with van der Waals surface area (Å²) in [6.07, 6.45) is -0.338. The van der Waals surface area contributed by atoms with Crippen LogP contribution in [0.2, 0.25) is 0 Å². The summed E-state index contributed by atoms with van der Waals surface area (Å²) in [5.74, 6) is 0. The number of rotatable bonds is 2. The molecular formula is C5H10N2O2S. The van der Waals surface area contributed by atoms with Gasteiger partial charge in [-0.1, -0.05) is 0 Å². The zero-order chi connectivity index (χ0) is 7.56. The smallest absolute Gasteiger partial charge is 0.174 e. The van der Waals surface area contributed by atoms with E-state index in [0.717, 1.165) is 0 Å². The first kappa shape index (κ1) is 7.71. The highest BCUT2D eigenvalue weighted by Gasteiger charge is 2.28. The molecule has 0 bridgehead atoms. The Morgan fingerprint density at radius 1 is 1.20 bits per heavy atom. The summed E-state index contributed by atoms with van der Waals surface area (Å²) in [7, 11) is 3.19. The van der Waals surface area contributed by atoms with Gasteiger partial charge < -0.3 is 20.1 Å². The molecule has 58 valence electrons. The van der Waals surface area contributed by atoms with E-state index in [0.29, 0.717) is 5.11 Å². The molecule has 0 spiro atoms. The lowest BCUT2D eigenvalue weighted by atomic mass is 10.5. The van der Waals surface area contributed by atoms with Crippen LogP contribution >= 0.6 is 12.2 Å². The molecule has 0 radical (unpaired) electrons. The molecule has 1 fully saturated rings. The Hall–Kier alpha value is -0.390. The topological polar surface area (TPSA) is 42.5 Å². The van der Waals surface area contributed by atoms with E-state index in [2.05, 4.69) is 10.6 Å². The van der Waals surface area contributed by atoms with Gasteiger partial charge in [-0.3, -0.25) is 0 Å². The fourth-order valence-corrected chi connectivity index (χ4v) is 1.05. The van der Waals surface area contributed by atoms with Crippen molar-refractivity contribution in [3.8, 4) is 0 Å². The zero-order valence-electron chi connectivity index (χ0n) is 5.88. The standard InChI is InChI=1S/C5H10N2O2S/c1-8-3-4(9-2)7-5(10)6-3/h3-4H,1-2H3,(H2,6,7,10)/t3-,4-/m0/s1. The van der Waals surface area contributed by atoms with Crippen LogP contribution in [0.1, 0.15) is 0 Å². The molecule has 2 N–H and O–H groups in total. The molecule has 0 aromatic heterocycles. The van der Waals surface area contributed by atoms with Crippen molar-refractivity contribution in [2.45, 2.75) is 12.5 Å². The molecule has 0 aromatic rings. The van der Waals surface area contributed by atoms with Gasteiger partial charge in [-0.15, -0.1) is 0 Å². The zero-order valence-corrected chi connectivity index (χ0v) is 6.70. The van der Waals surface area contributed by atoms with Crippen LogP contribution in [0, 0.1) is 0 Å². The Kier molecular flexibility index (Phi) is 2.42. The number of nitrogens with one attached hydrogen (secondary N) is 2. The first-order valence-corrected chi connectivity index (χ1v) is 3.31. The van der Waals surface area contributed by atoms with E-state index < -0.39 is 0 Å². The van der Waals surface area contributed by atoms with Gasteiger partial charge in [-0.25, -0.2) is 0 Å². The van der Waals surface area contributed by atoms with E-state index >= 15 is 0 Å². The Bertz CT molecular complexity index is 128. The minimum absolute atomic E-state index is 0.169. The molecule has 0 aliphatic carbocycles. The second kappa shape index (κ2) is 3.14. The third-order valence-corrected chi connectivity index (χ3v) is 1.57. The van der Waals surface area contributed by atoms with E-state index in [1.165, 1.54) is 0 Å². The molecule has 1 aliphatic heterocycles. The van der Waals surface area contributed by atoms with Crippen LogP contribution in [0.15, 0.2) is 0 Å². The number of hydrogen-bond donors (Lipinski definition) is 2. The van der Waals surface area contributed by atoms with Gasteiger partial charge in [0.15, 0.2) is 17.6 Å². The Morgan fingerprint density at radius 2 is 1.60 bits per heavy atom. The molecule has 1 saturated heterocycles. The van der Waals surface area contributed by atoms with Crippen molar-refractivity contribution >= 4 is 17.3 Å². The lowest BCUT2D eigenvalue weighted by Gasteiger charge is -2.14. The van der Waals surface area contributed by atoms with Crippen LogP contribution in [0.4, 0.5) is 0 Å². The molecule has 0 saturated carbocycles. The van der Waals surface area contributed by atoms with Crippen molar-refractivity contribution < 1.29 is 9.47 Å². The van der Waals surface area contributed by atoms with Gasteiger partial charge >= 0.3 is 0 Å². The maximum absolute atomic E-state index is 5.00. The van der Waals surface area contributed by atoms with Gasteiger partial charge in [0.1, 0.15) is 0 Å². The van der Waals surface area contributed by atoms with Crippen LogP contribution in [-0.2, 0) is 9.47 Å². The van der Waals surface area contributed by atoms with Crippen molar-refractivity contribution in [2.24, 2.45) is 0 Å². The first-order chi connectivity index (χ1) is 4.77. The summed E-state index contributed by atoms with van der Waals surface area (Å²) in [6, 6.07) is 0. The van der Waals surface area contributed by atoms with E-state index in [9.17, 15) is 0 Å². The van der Waals surface area contributed by atoms with E-state index in [1.54, 1.807) is 14.2 Å². The molecule has 2 atom stereocenters. The van der Waals surface area contributed by atoms with Gasteiger partial charge in [0.25, 0.3) is 0 Å². The van der Waals surface area contributed by atoms with Crippen LogP contribution in [0.3, 0.4) is 0 Å². The summed E-state index contributed by atoms with van der Waals surface area (Å²) in [6.45, 7) is 0. The van der Waals surface area contributed by atoms with E-state index in [1.807, 2.05) is 0 Å². The molecule has 1 rings (SSSR count). The second-order valence-electron chi connectivity index (χ2n) is 1.93. The third-order valence-electron chi connectivity index (χ3n) is 1.33. The lowest BCUT2D eigenvalue weighted by Crippen LogP contribution is -2.36. The molecule has 4 nitrogen and oxygen atoms in total. The van der Waals surface area contributed by atoms with Gasteiger partial charge in [0.05, 0.1) is 0 Å². The molecule has 1 aliphatic rings. The van der Waals surface area contributed by atoms with Crippen LogP contribution in [-0.4, -0.2) is 31.8 Å². The molecular weight excluding hydrogens is 152 g/mol. The number of methoxy groups -OCH3 is 2. The first-order valence-electron chi connectivity index (χ1n) is 2.90. The number of thiocarbonyl (C=S) groups is 1. The van der Waals surface area contributed by atoms with E-state index in [4.69, 9.17) is 21.7 Å². The highest BCUT2D eigenvalue weighted by atomic mass is 32.1. The number of hydrogen-bond acceptors (Lipinski definition) is 3. The normalized spacial score (nSPS) is 31.6. The summed E-state index contributed by atoms with van der Waals surface area (Å²) in [5, 5.41) is 6.32.